The number of aliphatic hydroxyl groups excluding tert-OH is 2. The van der Waals surface area contributed by atoms with Crippen LogP contribution in [0.1, 0.15) is 0 Å². The van der Waals surface area contributed by atoms with Gasteiger partial charge in [-0.15, -0.1) is 0 Å². The molecule has 0 aromatic carbocycles. The molecule has 7 nitrogen and oxygen atoms in total. The number of azide groups is 1. The lowest BCUT2D eigenvalue weighted by Crippen LogP contribution is -2.15. The topological polar surface area (TPSA) is 108 Å². The first-order valence-corrected chi connectivity index (χ1v) is 3.80. The van der Waals surface area contributed by atoms with Gasteiger partial charge in [0, 0.05) is 4.91 Å². The average Bonchev–Trinajstić information content (AvgIpc) is 2.11. The molecule has 2 N–H and O–H groups in total. The second-order valence-corrected chi connectivity index (χ2v) is 2.10. The highest BCUT2D eigenvalue weighted by Gasteiger charge is 1.98. The summed E-state index contributed by atoms with van der Waals surface area (Å²) in [6.07, 6.45) is -1.15. The molecular formula is C6H13N3O4. The van der Waals surface area contributed by atoms with Gasteiger partial charge in [-0.2, -0.15) is 0 Å². The molecule has 0 aromatic rings. The van der Waals surface area contributed by atoms with Crippen LogP contribution < -0.4 is 0 Å². The monoisotopic (exact) mass is 191 g/mol. The zero-order chi connectivity index (χ0) is 9.94. The van der Waals surface area contributed by atoms with Crippen molar-refractivity contribution in [1.29, 1.82) is 0 Å². The molecule has 0 heterocycles. The summed E-state index contributed by atoms with van der Waals surface area (Å²) in [6, 6.07) is 0. The maximum absolute atomic E-state index is 8.83. The largest absolute Gasteiger partial charge is 0.394 e. The Balaban J connectivity index is 3.11. The first-order chi connectivity index (χ1) is 6.31. The Morgan fingerprint density at radius 3 is 2.62 bits per heavy atom. The third kappa shape index (κ3) is 9.06. The van der Waals surface area contributed by atoms with Gasteiger partial charge in [0.05, 0.1) is 33.0 Å². The summed E-state index contributed by atoms with van der Waals surface area (Å²) in [5.74, 6) is 0. The lowest BCUT2D eigenvalue weighted by atomic mass is 10.6. The molecule has 0 fully saturated rings. The van der Waals surface area contributed by atoms with Crippen molar-refractivity contribution >= 4 is 0 Å². The van der Waals surface area contributed by atoms with E-state index in [1.807, 2.05) is 0 Å². The molecule has 0 aliphatic rings. The van der Waals surface area contributed by atoms with E-state index in [9.17, 15) is 0 Å². The van der Waals surface area contributed by atoms with E-state index in [2.05, 4.69) is 10.0 Å². The normalized spacial score (nSPS) is 12.2. The fourth-order valence-corrected chi connectivity index (χ4v) is 0.566. The van der Waals surface area contributed by atoms with Crippen molar-refractivity contribution in [3.63, 3.8) is 0 Å². The van der Waals surface area contributed by atoms with Crippen LogP contribution in [0.15, 0.2) is 5.11 Å². The van der Waals surface area contributed by atoms with Gasteiger partial charge in [0.2, 0.25) is 0 Å². The SMILES string of the molecule is [N-]=[N+]=NC(O)COCCOCCO. The van der Waals surface area contributed by atoms with Crippen LogP contribution in [0.25, 0.3) is 10.4 Å². The molecule has 0 aliphatic heterocycles. The van der Waals surface area contributed by atoms with Crippen molar-refractivity contribution in [1.82, 2.24) is 0 Å². The van der Waals surface area contributed by atoms with E-state index in [-0.39, 0.29) is 26.4 Å². The van der Waals surface area contributed by atoms with Gasteiger partial charge < -0.3 is 19.7 Å². The zero-order valence-corrected chi connectivity index (χ0v) is 7.17. The number of rotatable bonds is 8. The third-order valence-corrected chi connectivity index (χ3v) is 1.06. The molecule has 0 rings (SSSR count). The molecule has 0 spiro atoms. The fraction of sp³-hybridized carbons (Fsp3) is 1.00. The van der Waals surface area contributed by atoms with E-state index in [4.69, 9.17) is 25.2 Å². The minimum atomic E-state index is -1.15. The Morgan fingerprint density at radius 1 is 1.31 bits per heavy atom. The van der Waals surface area contributed by atoms with E-state index in [0.717, 1.165) is 0 Å². The van der Waals surface area contributed by atoms with Gasteiger partial charge in [0.15, 0.2) is 6.23 Å². The van der Waals surface area contributed by atoms with Crippen molar-refractivity contribution < 1.29 is 19.7 Å². The number of hydrogen-bond donors (Lipinski definition) is 2. The second kappa shape index (κ2) is 9.24. The first-order valence-electron chi connectivity index (χ1n) is 3.80. The van der Waals surface area contributed by atoms with Gasteiger partial charge in [-0.3, -0.25) is 0 Å². The number of aliphatic hydroxyl groups is 2. The van der Waals surface area contributed by atoms with Crippen LogP contribution in [-0.2, 0) is 9.47 Å². The predicted molar refractivity (Wildman–Crippen MR) is 43.9 cm³/mol. The van der Waals surface area contributed by atoms with Crippen LogP contribution in [0.2, 0.25) is 0 Å². The maximum Gasteiger partial charge on any atom is 0.156 e. The van der Waals surface area contributed by atoms with Gasteiger partial charge in [-0.1, -0.05) is 5.11 Å². The van der Waals surface area contributed by atoms with Crippen LogP contribution in [0, 0.1) is 0 Å². The molecule has 1 atom stereocenters. The lowest BCUT2D eigenvalue weighted by Gasteiger charge is -2.05. The maximum atomic E-state index is 8.83. The minimum Gasteiger partial charge on any atom is -0.394 e. The van der Waals surface area contributed by atoms with Crippen molar-refractivity contribution in [2.24, 2.45) is 5.11 Å². The van der Waals surface area contributed by atoms with Crippen molar-refractivity contribution in [3.05, 3.63) is 10.4 Å². The van der Waals surface area contributed by atoms with Gasteiger partial charge in [0.25, 0.3) is 0 Å². The van der Waals surface area contributed by atoms with E-state index < -0.39 is 6.23 Å². The van der Waals surface area contributed by atoms with Gasteiger partial charge >= 0.3 is 0 Å². The van der Waals surface area contributed by atoms with E-state index in [1.54, 1.807) is 0 Å². The Hall–Kier alpha value is -0.850. The summed E-state index contributed by atoms with van der Waals surface area (Å²) in [5, 5.41) is 20.1. The summed E-state index contributed by atoms with van der Waals surface area (Å²) in [5.41, 5.74) is 7.90. The number of nitrogens with zero attached hydrogens (tertiary/aromatic N) is 3. The molecule has 13 heavy (non-hydrogen) atoms. The number of hydrogen-bond acceptors (Lipinski definition) is 5. The van der Waals surface area contributed by atoms with Crippen LogP contribution >= 0.6 is 0 Å². The molecule has 0 aromatic heterocycles. The summed E-state index contributed by atoms with van der Waals surface area (Å²) in [4.78, 5) is 2.39. The standard InChI is InChI=1S/C6H13N3O4/c7-9-8-6(11)5-13-4-3-12-2-1-10/h6,10-11H,1-5H2. The van der Waals surface area contributed by atoms with Crippen molar-refractivity contribution in [3.8, 4) is 0 Å². The number of ether oxygens (including phenoxy) is 2. The Morgan fingerprint density at radius 2 is 2.00 bits per heavy atom. The van der Waals surface area contributed by atoms with E-state index in [0.29, 0.717) is 6.61 Å². The molecule has 0 amide bonds. The van der Waals surface area contributed by atoms with Gasteiger partial charge in [-0.25, -0.2) is 0 Å². The summed E-state index contributed by atoms with van der Waals surface area (Å²) in [7, 11) is 0. The first kappa shape index (κ1) is 12.2. The quantitative estimate of drug-likeness (QED) is 0.236. The molecule has 7 heteroatoms. The van der Waals surface area contributed by atoms with Gasteiger partial charge in [0.1, 0.15) is 0 Å². The van der Waals surface area contributed by atoms with E-state index >= 15 is 0 Å². The highest BCUT2D eigenvalue weighted by Crippen LogP contribution is 1.87. The van der Waals surface area contributed by atoms with Crippen LogP contribution in [0.5, 0.6) is 0 Å². The van der Waals surface area contributed by atoms with Gasteiger partial charge in [-0.05, 0) is 5.53 Å². The molecule has 0 aliphatic carbocycles. The average molecular weight is 191 g/mol. The smallest absolute Gasteiger partial charge is 0.156 e. The second-order valence-electron chi connectivity index (χ2n) is 2.10. The minimum absolute atomic E-state index is 0.0264. The third-order valence-electron chi connectivity index (χ3n) is 1.06. The molecule has 0 saturated heterocycles. The molecule has 0 bridgehead atoms. The molecule has 0 saturated carbocycles. The Bertz CT molecular complexity index is 160. The van der Waals surface area contributed by atoms with Crippen LogP contribution in [0.4, 0.5) is 0 Å². The summed E-state index contributed by atoms with van der Waals surface area (Å²) >= 11 is 0. The highest BCUT2D eigenvalue weighted by molar-refractivity contribution is 4.50. The Kier molecular flexibility index (Phi) is 8.64. The Labute approximate surface area is 75.5 Å². The highest BCUT2D eigenvalue weighted by atomic mass is 16.5. The lowest BCUT2D eigenvalue weighted by molar-refractivity contribution is 0.00000322. The van der Waals surface area contributed by atoms with E-state index in [1.165, 1.54) is 0 Å². The molecule has 76 valence electrons. The predicted octanol–water partition coefficient (Wildman–Crippen LogP) is -0.359. The molecule has 0 radical (unpaired) electrons. The summed E-state index contributed by atoms with van der Waals surface area (Å²) in [6.45, 7) is 0.817. The van der Waals surface area contributed by atoms with Crippen LogP contribution in [0.3, 0.4) is 0 Å². The van der Waals surface area contributed by atoms with Crippen molar-refractivity contribution in [2.75, 3.05) is 33.0 Å². The molecular weight excluding hydrogens is 178 g/mol. The summed E-state index contributed by atoms with van der Waals surface area (Å²) < 4.78 is 9.74. The van der Waals surface area contributed by atoms with Crippen LogP contribution in [-0.4, -0.2) is 49.5 Å². The van der Waals surface area contributed by atoms with Crippen molar-refractivity contribution in [2.45, 2.75) is 6.23 Å². The molecule has 1 unspecified atom stereocenters. The zero-order valence-electron chi connectivity index (χ0n) is 7.17. The fourth-order valence-electron chi connectivity index (χ4n) is 0.566.